The molecule has 7 heteroatoms. The number of anilines is 2. The molecule has 146 valence electrons. The number of methoxy groups -OCH3 is 1. The summed E-state index contributed by atoms with van der Waals surface area (Å²) >= 11 is 0. The number of carbonyl (C=O) groups excluding carboxylic acids is 3. The molecular formula is C21H22N2O5. The van der Waals surface area contributed by atoms with Crippen LogP contribution < -0.4 is 15.0 Å². The topological polar surface area (TPSA) is 84.9 Å². The highest BCUT2D eigenvalue weighted by Gasteiger charge is 2.36. The average Bonchev–Trinajstić information content (AvgIpc) is 3.10. The summed E-state index contributed by atoms with van der Waals surface area (Å²) in [7, 11) is 1.55. The summed E-state index contributed by atoms with van der Waals surface area (Å²) in [6.45, 7) is 2.16. The minimum Gasteiger partial charge on any atom is -0.497 e. The van der Waals surface area contributed by atoms with Gasteiger partial charge in [-0.05, 0) is 31.2 Å². The van der Waals surface area contributed by atoms with Crippen molar-refractivity contribution in [2.45, 2.75) is 13.3 Å². The molecule has 2 aromatic carbocycles. The van der Waals surface area contributed by atoms with E-state index in [1.54, 1.807) is 62.6 Å². The molecule has 0 aromatic heterocycles. The first-order chi connectivity index (χ1) is 13.5. The molecule has 28 heavy (non-hydrogen) atoms. The minimum atomic E-state index is -0.519. The van der Waals surface area contributed by atoms with E-state index in [-0.39, 0.29) is 31.4 Å². The minimum absolute atomic E-state index is 0.0764. The van der Waals surface area contributed by atoms with Crippen LogP contribution in [0.4, 0.5) is 11.4 Å². The molecule has 1 fully saturated rings. The summed E-state index contributed by atoms with van der Waals surface area (Å²) in [6, 6.07) is 13.8. The van der Waals surface area contributed by atoms with Crippen molar-refractivity contribution in [1.29, 1.82) is 0 Å². The fourth-order valence-electron chi connectivity index (χ4n) is 3.15. The Labute approximate surface area is 163 Å². The van der Waals surface area contributed by atoms with Crippen molar-refractivity contribution in [3.63, 3.8) is 0 Å². The Bertz CT molecular complexity index is 896. The molecule has 1 aliphatic heterocycles. The number of hydrogen-bond donors (Lipinski definition) is 1. The van der Waals surface area contributed by atoms with Gasteiger partial charge in [-0.25, -0.2) is 4.79 Å². The molecule has 1 unspecified atom stereocenters. The van der Waals surface area contributed by atoms with Crippen molar-refractivity contribution in [3.8, 4) is 5.75 Å². The quantitative estimate of drug-likeness (QED) is 0.777. The maximum Gasteiger partial charge on any atom is 0.340 e. The molecule has 1 saturated heterocycles. The van der Waals surface area contributed by atoms with Crippen LogP contribution >= 0.6 is 0 Å². The van der Waals surface area contributed by atoms with E-state index in [0.29, 0.717) is 22.7 Å². The third kappa shape index (κ3) is 4.14. The highest BCUT2D eigenvalue weighted by molar-refractivity contribution is 6.07. The number of nitrogens with one attached hydrogen (secondary N) is 1. The summed E-state index contributed by atoms with van der Waals surface area (Å²) in [4.78, 5) is 38.9. The van der Waals surface area contributed by atoms with Gasteiger partial charge >= 0.3 is 5.97 Å². The summed E-state index contributed by atoms with van der Waals surface area (Å²) in [6.07, 6.45) is 0.0764. The Morgan fingerprint density at radius 3 is 2.71 bits per heavy atom. The number of nitrogens with zero attached hydrogens (tertiary/aromatic N) is 1. The van der Waals surface area contributed by atoms with Gasteiger partial charge in [0, 0.05) is 24.7 Å². The van der Waals surface area contributed by atoms with E-state index in [4.69, 9.17) is 9.47 Å². The van der Waals surface area contributed by atoms with E-state index < -0.39 is 11.9 Å². The summed E-state index contributed by atoms with van der Waals surface area (Å²) in [5, 5.41) is 2.82. The lowest BCUT2D eigenvalue weighted by Crippen LogP contribution is -2.29. The molecule has 0 radical (unpaired) electrons. The molecule has 3 rings (SSSR count). The Morgan fingerprint density at radius 2 is 1.96 bits per heavy atom. The van der Waals surface area contributed by atoms with Crippen molar-refractivity contribution in [2.75, 3.05) is 30.5 Å². The highest BCUT2D eigenvalue weighted by Crippen LogP contribution is 2.29. The Morgan fingerprint density at radius 1 is 1.18 bits per heavy atom. The second kappa shape index (κ2) is 8.56. The van der Waals surface area contributed by atoms with Gasteiger partial charge in [0.15, 0.2) is 0 Å². The van der Waals surface area contributed by atoms with Crippen LogP contribution in [0.15, 0.2) is 48.5 Å². The van der Waals surface area contributed by atoms with Crippen LogP contribution in [0.2, 0.25) is 0 Å². The van der Waals surface area contributed by atoms with Crippen molar-refractivity contribution in [2.24, 2.45) is 5.92 Å². The van der Waals surface area contributed by atoms with E-state index in [9.17, 15) is 14.4 Å². The zero-order chi connectivity index (χ0) is 20.1. The molecule has 7 nitrogen and oxygen atoms in total. The number of benzene rings is 2. The molecule has 2 aromatic rings. The van der Waals surface area contributed by atoms with E-state index >= 15 is 0 Å². The number of rotatable bonds is 6. The average molecular weight is 382 g/mol. The van der Waals surface area contributed by atoms with Crippen molar-refractivity contribution in [3.05, 3.63) is 54.1 Å². The van der Waals surface area contributed by atoms with Gasteiger partial charge in [-0.15, -0.1) is 0 Å². The molecule has 1 atom stereocenters. The van der Waals surface area contributed by atoms with Gasteiger partial charge in [0.05, 0.1) is 30.9 Å². The summed E-state index contributed by atoms with van der Waals surface area (Å²) in [5.41, 5.74) is 1.37. The summed E-state index contributed by atoms with van der Waals surface area (Å²) < 4.78 is 10.2. The van der Waals surface area contributed by atoms with Crippen LogP contribution in [0.1, 0.15) is 23.7 Å². The number of hydrogen-bond acceptors (Lipinski definition) is 5. The second-order valence-corrected chi connectivity index (χ2v) is 6.36. The van der Waals surface area contributed by atoms with Crippen LogP contribution in [-0.4, -0.2) is 38.0 Å². The highest BCUT2D eigenvalue weighted by atomic mass is 16.5. The van der Waals surface area contributed by atoms with Gasteiger partial charge in [0.1, 0.15) is 5.75 Å². The first-order valence-corrected chi connectivity index (χ1v) is 9.05. The number of ether oxygens (including phenoxy) is 2. The molecule has 1 N–H and O–H groups in total. The number of carbonyl (C=O) groups is 3. The first kappa shape index (κ1) is 19.4. The number of esters is 1. The largest absolute Gasteiger partial charge is 0.497 e. The van der Waals surface area contributed by atoms with Crippen molar-refractivity contribution < 1.29 is 23.9 Å². The zero-order valence-electron chi connectivity index (χ0n) is 15.8. The predicted molar refractivity (Wildman–Crippen MR) is 104 cm³/mol. The zero-order valence-corrected chi connectivity index (χ0v) is 15.8. The molecule has 0 bridgehead atoms. The lowest BCUT2D eigenvalue weighted by molar-refractivity contribution is -0.122. The second-order valence-electron chi connectivity index (χ2n) is 6.36. The lowest BCUT2D eigenvalue weighted by atomic mass is 10.1. The predicted octanol–water partition coefficient (Wildman–Crippen LogP) is 2.86. The van der Waals surface area contributed by atoms with Crippen LogP contribution in [-0.2, 0) is 14.3 Å². The normalized spacial score (nSPS) is 16.0. The maximum absolute atomic E-state index is 12.6. The van der Waals surface area contributed by atoms with Gasteiger partial charge in [-0.2, -0.15) is 0 Å². The Hall–Kier alpha value is -3.35. The maximum atomic E-state index is 12.6. The van der Waals surface area contributed by atoms with Gasteiger partial charge in [-0.3, -0.25) is 9.59 Å². The van der Waals surface area contributed by atoms with Crippen LogP contribution in [0.5, 0.6) is 5.75 Å². The molecule has 1 heterocycles. The molecule has 1 aliphatic rings. The van der Waals surface area contributed by atoms with Crippen LogP contribution in [0.3, 0.4) is 0 Å². The number of para-hydroxylation sites is 1. The van der Waals surface area contributed by atoms with Crippen molar-refractivity contribution >= 4 is 29.2 Å². The monoisotopic (exact) mass is 382 g/mol. The van der Waals surface area contributed by atoms with E-state index in [0.717, 1.165) is 0 Å². The van der Waals surface area contributed by atoms with Gasteiger partial charge in [0.25, 0.3) is 0 Å². The SMILES string of the molecule is CCOC(=O)c1ccccc1N1CC(C(=O)Nc2cccc(OC)c2)CC1=O. The van der Waals surface area contributed by atoms with E-state index in [2.05, 4.69) is 5.32 Å². The molecule has 0 aliphatic carbocycles. The Kier molecular flexibility index (Phi) is 5.93. The molecule has 2 amide bonds. The van der Waals surface area contributed by atoms with E-state index in [1.165, 1.54) is 4.90 Å². The summed E-state index contributed by atoms with van der Waals surface area (Å²) in [5.74, 6) is -0.838. The van der Waals surface area contributed by atoms with Gasteiger partial charge in [-0.1, -0.05) is 18.2 Å². The van der Waals surface area contributed by atoms with Crippen molar-refractivity contribution in [1.82, 2.24) is 0 Å². The number of amides is 2. The smallest absolute Gasteiger partial charge is 0.340 e. The molecular weight excluding hydrogens is 360 g/mol. The van der Waals surface area contributed by atoms with Crippen LogP contribution in [0, 0.1) is 5.92 Å². The molecule has 0 saturated carbocycles. The molecule has 0 spiro atoms. The Balaban J connectivity index is 1.75. The van der Waals surface area contributed by atoms with Gasteiger partial charge in [0.2, 0.25) is 11.8 Å². The third-order valence-electron chi connectivity index (χ3n) is 4.52. The standard InChI is InChI=1S/C21H22N2O5/c1-3-28-21(26)17-9-4-5-10-18(17)23-13-14(11-19(23)24)20(25)22-15-7-6-8-16(12-15)27-2/h4-10,12,14H,3,11,13H2,1-2H3,(H,22,25). The first-order valence-electron chi connectivity index (χ1n) is 9.05. The van der Waals surface area contributed by atoms with Gasteiger partial charge < -0.3 is 19.7 Å². The fraction of sp³-hybridized carbons (Fsp3) is 0.286. The fourth-order valence-corrected chi connectivity index (χ4v) is 3.15. The van der Waals surface area contributed by atoms with E-state index in [1.807, 2.05) is 0 Å². The van der Waals surface area contributed by atoms with Crippen LogP contribution in [0.25, 0.3) is 0 Å². The third-order valence-corrected chi connectivity index (χ3v) is 4.52. The lowest BCUT2D eigenvalue weighted by Gasteiger charge is -2.19.